The molecule has 0 amide bonds. The fourth-order valence-electron chi connectivity index (χ4n) is 3.65. The van der Waals surface area contributed by atoms with Crippen molar-refractivity contribution in [2.75, 3.05) is 0 Å². The van der Waals surface area contributed by atoms with E-state index >= 15 is 0 Å². The number of H-pyrrole nitrogens is 1. The first kappa shape index (κ1) is 23.6. The van der Waals surface area contributed by atoms with Crippen molar-refractivity contribution in [3.05, 3.63) is 63.6 Å². The van der Waals surface area contributed by atoms with E-state index in [1.54, 1.807) is 6.07 Å². The van der Waals surface area contributed by atoms with Crippen molar-refractivity contribution in [3.63, 3.8) is 0 Å². The molecule has 0 radical (unpaired) electrons. The lowest BCUT2D eigenvalue weighted by Gasteiger charge is -2.17. The molecule has 32 heavy (non-hydrogen) atoms. The van der Waals surface area contributed by atoms with Gasteiger partial charge in [0.1, 0.15) is 11.5 Å². The Morgan fingerprint density at radius 3 is 2.59 bits per heavy atom. The molecule has 9 heteroatoms. The van der Waals surface area contributed by atoms with Crippen molar-refractivity contribution >= 4 is 19.4 Å². The first-order chi connectivity index (χ1) is 15.2. The third-order valence-electron chi connectivity index (χ3n) is 5.12. The number of phenols is 1. The molecule has 0 fully saturated rings. The van der Waals surface area contributed by atoms with Gasteiger partial charge in [0.15, 0.2) is 5.82 Å². The second-order valence-electron chi connectivity index (χ2n) is 7.21. The molecule has 3 aromatic rings. The van der Waals surface area contributed by atoms with Gasteiger partial charge in [0.25, 0.3) is 7.57 Å². The van der Waals surface area contributed by atoms with Crippen molar-refractivity contribution in [2.24, 2.45) is 0 Å². The number of benzene rings is 2. The number of nitrogens with zero attached hydrogens (tertiary/aromatic N) is 2. The number of fused-ring (bicyclic) bond motifs is 1. The maximum Gasteiger partial charge on any atom is 0.348 e. The van der Waals surface area contributed by atoms with Crippen molar-refractivity contribution in [1.29, 1.82) is 0 Å². The number of phenolic OH excluding ortho intramolecular Hbond substituents is 1. The third-order valence-corrected chi connectivity index (χ3v) is 5.61. The molecular formula is C23H28N3O5P. The van der Waals surface area contributed by atoms with E-state index < -0.39 is 13.3 Å². The van der Waals surface area contributed by atoms with Crippen LogP contribution in [0.5, 0.6) is 11.5 Å². The van der Waals surface area contributed by atoms with Crippen LogP contribution in [0.15, 0.2) is 41.2 Å². The smallest absolute Gasteiger partial charge is 0.348 e. The Labute approximate surface area is 186 Å². The van der Waals surface area contributed by atoms with Crippen molar-refractivity contribution in [3.8, 4) is 28.6 Å². The Balaban J connectivity index is 0.00000141. The minimum absolute atomic E-state index is 0.120. The molecule has 1 aliphatic rings. The van der Waals surface area contributed by atoms with Crippen molar-refractivity contribution in [2.45, 2.75) is 40.5 Å². The SMILES string of the molecule is C=P(O)(O)Oc1cc(O)c(-c2n[nH]c(=O)n2-c2ccc3c(c2)C(C)=CC3)cc1CC.CC. The van der Waals surface area contributed by atoms with Gasteiger partial charge >= 0.3 is 5.69 Å². The fourth-order valence-corrected chi connectivity index (χ4v) is 4.14. The maximum absolute atomic E-state index is 12.6. The molecular weight excluding hydrogens is 429 g/mol. The largest absolute Gasteiger partial charge is 0.507 e. The number of allylic oxidation sites excluding steroid dienone is 2. The summed E-state index contributed by atoms with van der Waals surface area (Å²) in [6.45, 7) is 7.88. The van der Waals surface area contributed by atoms with E-state index in [-0.39, 0.29) is 17.3 Å². The molecule has 170 valence electrons. The number of hydrogen-bond acceptors (Lipinski definition) is 6. The Morgan fingerprint density at radius 2 is 1.94 bits per heavy atom. The van der Waals surface area contributed by atoms with Crippen LogP contribution >= 0.6 is 7.57 Å². The van der Waals surface area contributed by atoms with Gasteiger partial charge in [-0.2, -0.15) is 5.10 Å². The molecule has 4 rings (SSSR count). The fraction of sp³-hybridized carbons (Fsp3) is 0.261. The molecule has 0 saturated carbocycles. The van der Waals surface area contributed by atoms with Crippen LogP contribution in [0.3, 0.4) is 0 Å². The van der Waals surface area contributed by atoms with Crippen LogP contribution in [0.4, 0.5) is 0 Å². The van der Waals surface area contributed by atoms with E-state index in [9.17, 15) is 19.7 Å². The lowest BCUT2D eigenvalue weighted by atomic mass is 10.0. The quantitative estimate of drug-likeness (QED) is 0.429. The molecule has 1 aliphatic carbocycles. The summed E-state index contributed by atoms with van der Waals surface area (Å²) >= 11 is 0. The van der Waals surface area contributed by atoms with Gasteiger partial charge in [-0.05, 0) is 66.5 Å². The first-order valence-corrected chi connectivity index (χ1v) is 12.2. The molecule has 8 nitrogen and oxygen atoms in total. The van der Waals surface area contributed by atoms with Gasteiger partial charge in [0.05, 0.1) is 11.3 Å². The zero-order valence-electron chi connectivity index (χ0n) is 18.6. The van der Waals surface area contributed by atoms with Gasteiger partial charge in [-0.3, -0.25) is 0 Å². The number of hydrogen-bond donors (Lipinski definition) is 4. The van der Waals surface area contributed by atoms with Crippen LogP contribution in [0.2, 0.25) is 0 Å². The summed E-state index contributed by atoms with van der Waals surface area (Å²) in [7, 11) is -3.80. The van der Waals surface area contributed by atoms with E-state index in [1.165, 1.54) is 16.2 Å². The van der Waals surface area contributed by atoms with Crippen LogP contribution in [0.25, 0.3) is 22.6 Å². The molecule has 0 saturated heterocycles. The lowest BCUT2D eigenvalue weighted by Crippen LogP contribution is -2.16. The normalized spacial score (nSPS) is 12.6. The van der Waals surface area contributed by atoms with Gasteiger partial charge in [0, 0.05) is 6.07 Å². The number of rotatable bonds is 5. The Morgan fingerprint density at radius 1 is 1.22 bits per heavy atom. The van der Waals surface area contributed by atoms with Crippen LogP contribution in [0.1, 0.15) is 44.4 Å². The second-order valence-corrected chi connectivity index (χ2v) is 8.72. The van der Waals surface area contributed by atoms with E-state index in [4.69, 9.17) is 4.52 Å². The number of aromatic nitrogens is 3. The monoisotopic (exact) mass is 457 g/mol. The van der Waals surface area contributed by atoms with Crippen LogP contribution in [0, 0.1) is 0 Å². The summed E-state index contributed by atoms with van der Waals surface area (Å²) in [6.07, 6.45) is 6.68. The lowest BCUT2D eigenvalue weighted by molar-refractivity contribution is 0.365. The Bertz CT molecular complexity index is 1280. The zero-order chi connectivity index (χ0) is 23.6. The minimum Gasteiger partial charge on any atom is -0.507 e. The topological polar surface area (TPSA) is 121 Å². The predicted octanol–water partition coefficient (Wildman–Crippen LogP) is 4.04. The van der Waals surface area contributed by atoms with Gasteiger partial charge in [-0.15, -0.1) is 0 Å². The Hall–Kier alpha value is -3.06. The highest BCUT2D eigenvalue weighted by molar-refractivity contribution is 7.58. The first-order valence-electron chi connectivity index (χ1n) is 10.4. The van der Waals surface area contributed by atoms with Gasteiger partial charge < -0.3 is 19.4 Å². The maximum atomic E-state index is 12.6. The number of nitrogens with one attached hydrogen (secondary N) is 1. The third kappa shape index (κ3) is 4.58. The average molecular weight is 457 g/mol. The number of aryl methyl sites for hydroxylation is 1. The molecule has 1 heterocycles. The van der Waals surface area contributed by atoms with E-state index in [1.807, 2.05) is 45.9 Å². The highest BCUT2D eigenvalue weighted by Gasteiger charge is 2.21. The summed E-state index contributed by atoms with van der Waals surface area (Å²) in [5.74, 6) is 0.143. The molecule has 0 spiro atoms. The molecule has 4 N–H and O–H groups in total. The number of aromatic amines is 1. The predicted molar refractivity (Wildman–Crippen MR) is 128 cm³/mol. The summed E-state index contributed by atoms with van der Waals surface area (Å²) in [4.78, 5) is 31.7. The molecule has 0 unspecified atom stereocenters. The van der Waals surface area contributed by atoms with Crippen LogP contribution in [-0.2, 0) is 12.8 Å². The van der Waals surface area contributed by atoms with Crippen LogP contribution < -0.4 is 10.2 Å². The summed E-state index contributed by atoms with van der Waals surface area (Å²) in [6, 6.07) is 8.66. The molecule has 1 aromatic heterocycles. The summed E-state index contributed by atoms with van der Waals surface area (Å²) < 4.78 is 6.53. The average Bonchev–Trinajstić information content (AvgIpc) is 3.31. The van der Waals surface area contributed by atoms with E-state index in [2.05, 4.69) is 22.6 Å². The van der Waals surface area contributed by atoms with Gasteiger partial charge in [-0.1, -0.05) is 32.9 Å². The van der Waals surface area contributed by atoms with E-state index in [0.29, 0.717) is 23.2 Å². The molecule has 0 aliphatic heterocycles. The summed E-state index contributed by atoms with van der Waals surface area (Å²) in [5, 5.41) is 17.2. The number of aromatic hydroxyl groups is 1. The molecule has 0 atom stereocenters. The van der Waals surface area contributed by atoms with Crippen molar-refractivity contribution in [1.82, 2.24) is 14.8 Å². The highest BCUT2D eigenvalue weighted by atomic mass is 31.2. The van der Waals surface area contributed by atoms with Crippen LogP contribution in [-0.4, -0.2) is 36.0 Å². The highest BCUT2D eigenvalue weighted by Crippen LogP contribution is 2.43. The minimum atomic E-state index is -3.80. The molecule has 2 aromatic carbocycles. The second kappa shape index (κ2) is 9.20. The standard InChI is InChI=1S/C21H22N3O5P.C2H6/c1-4-13-9-17(18(25)11-19(13)29-30(3,27)28)20-22-23-21(26)24(20)15-8-7-14-6-5-12(2)16(14)10-15;1-2/h5,7-11,25,27-28H,3-4,6H2,1-2H3,(H,23,26);1-2H3. The zero-order valence-corrected chi connectivity index (χ0v) is 19.5. The van der Waals surface area contributed by atoms with Gasteiger partial charge in [0.2, 0.25) is 0 Å². The van der Waals surface area contributed by atoms with E-state index in [0.717, 1.165) is 17.6 Å². The van der Waals surface area contributed by atoms with Gasteiger partial charge in [-0.25, -0.2) is 14.5 Å². The summed E-state index contributed by atoms with van der Waals surface area (Å²) in [5.41, 5.74) is 4.54. The van der Waals surface area contributed by atoms with Crippen molar-refractivity contribution < 1.29 is 19.4 Å². The Kier molecular flexibility index (Phi) is 6.79. The molecule has 0 bridgehead atoms.